The molecule has 3 N–H and O–H groups in total. The third-order valence-electron chi connectivity index (χ3n) is 3.17. The lowest BCUT2D eigenvalue weighted by Gasteiger charge is -2.15. The lowest BCUT2D eigenvalue weighted by atomic mass is 10.0. The van der Waals surface area contributed by atoms with Gasteiger partial charge in [0.05, 0.1) is 16.0 Å². The molecule has 5 nitrogen and oxygen atoms in total. The van der Waals surface area contributed by atoms with Crippen LogP contribution in [0.4, 0.5) is 5.82 Å². The number of anilines is 1. The average Bonchev–Trinajstić information content (AvgIpc) is 2.67. The largest absolute Gasteiger partial charge is 0.506 e. The van der Waals surface area contributed by atoms with Crippen molar-refractivity contribution in [2.24, 2.45) is 0 Å². The van der Waals surface area contributed by atoms with Gasteiger partial charge in [0, 0.05) is 11.3 Å². The number of halogens is 1. The Morgan fingerprint density at radius 3 is 3.05 bits per heavy atom. The minimum Gasteiger partial charge on any atom is -0.506 e. The van der Waals surface area contributed by atoms with Crippen LogP contribution in [0.15, 0.2) is 18.2 Å². The van der Waals surface area contributed by atoms with E-state index >= 15 is 0 Å². The van der Waals surface area contributed by atoms with E-state index in [1.165, 1.54) is 11.8 Å². The molecule has 1 aliphatic rings. The fraction of sp³-hybridized carbons (Fsp3) is 0.231. The summed E-state index contributed by atoms with van der Waals surface area (Å²) in [6, 6.07) is 5.10. The number of carbonyl (C=O) groups is 1. The molecular formula is C13H12ClN3O2S. The van der Waals surface area contributed by atoms with Crippen molar-refractivity contribution in [3.8, 4) is 5.75 Å². The van der Waals surface area contributed by atoms with Crippen LogP contribution in [0.25, 0.3) is 0 Å². The van der Waals surface area contributed by atoms with E-state index in [4.69, 9.17) is 11.6 Å². The molecule has 1 aromatic heterocycles. The van der Waals surface area contributed by atoms with Gasteiger partial charge in [-0.2, -0.15) is 5.10 Å². The predicted octanol–water partition coefficient (Wildman–Crippen LogP) is 2.85. The number of benzene rings is 1. The van der Waals surface area contributed by atoms with E-state index in [0.717, 1.165) is 16.8 Å². The topological polar surface area (TPSA) is 78.0 Å². The van der Waals surface area contributed by atoms with Crippen molar-refractivity contribution in [1.82, 2.24) is 10.2 Å². The normalized spacial score (nSPS) is 18.3. The van der Waals surface area contributed by atoms with Crippen molar-refractivity contribution < 1.29 is 9.90 Å². The van der Waals surface area contributed by atoms with Crippen LogP contribution < -0.4 is 5.32 Å². The van der Waals surface area contributed by atoms with Crippen LogP contribution in [0.2, 0.25) is 5.02 Å². The van der Waals surface area contributed by atoms with Gasteiger partial charge in [-0.25, -0.2) is 0 Å². The first-order chi connectivity index (χ1) is 9.56. The Bertz CT molecular complexity index is 686. The van der Waals surface area contributed by atoms with Crippen LogP contribution in [0.1, 0.15) is 22.1 Å². The molecule has 20 heavy (non-hydrogen) atoms. The second kappa shape index (κ2) is 5.03. The van der Waals surface area contributed by atoms with Gasteiger partial charge < -0.3 is 10.4 Å². The molecule has 0 spiro atoms. The van der Waals surface area contributed by atoms with Gasteiger partial charge in [0.1, 0.15) is 5.75 Å². The first-order valence-corrected chi connectivity index (χ1v) is 7.43. The highest BCUT2D eigenvalue weighted by atomic mass is 35.5. The van der Waals surface area contributed by atoms with Crippen molar-refractivity contribution >= 4 is 35.1 Å². The molecule has 1 atom stereocenters. The molecule has 104 valence electrons. The molecule has 1 aliphatic heterocycles. The number of hydrogen-bond donors (Lipinski definition) is 3. The van der Waals surface area contributed by atoms with Crippen molar-refractivity contribution in [1.29, 1.82) is 0 Å². The molecule has 0 saturated carbocycles. The molecular weight excluding hydrogens is 298 g/mol. The summed E-state index contributed by atoms with van der Waals surface area (Å²) in [6.07, 6.45) is 0. The average molecular weight is 310 g/mol. The summed E-state index contributed by atoms with van der Waals surface area (Å²) in [5, 5.41) is 19.6. The van der Waals surface area contributed by atoms with Crippen LogP contribution in [-0.2, 0) is 4.79 Å². The fourth-order valence-electron chi connectivity index (χ4n) is 2.21. The lowest BCUT2D eigenvalue weighted by Crippen LogP contribution is -2.12. The molecule has 2 aromatic rings. The molecule has 0 aliphatic carbocycles. The maximum Gasteiger partial charge on any atom is 0.235 e. The van der Waals surface area contributed by atoms with Crippen LogP contribution >= 0.6 is 23.4 Å². The Morgan fingerprint density at radius 1 is 1.50 bits per heavy atom. The molecule has 0 bridgehead atoms. The Morgan fingerprint density at radius 2 is 2.30 bits per heavy atom. The van der Waals surface area contributed by atoms with E-state index in [1.54, 1.807) is 12.1 Å². The molecule has 0 radical (unpaired) electrons. The van der Waals surface area contributed by atoms with Crippen molar-refractivity contribution in [3.63, 3.8) is 0 Å². The number of carbonyl (C=O) groups excluding carboxylic acids is 1. The number of aromatic nitrogens is 2. The van der Waals surface area contributed by atoms with Gasteiger partial charge >= 0.3 is 0 Å². The van der Waals surface area contributed by atoms with Crippen LogP contribution in [-0.4, -0.2) is 27.0 Å². The number of phenolic OH excluding ortho intramolecular Hbond substituents is 1. The Kier molecular flexibility index (Phi) is 3.35. The molecule has 2 heterocycles. The van der Waals surface area contributed by atoms with Crippen LogP contribution in [0.5, 0.6) is 5.75 Å². The van der Waals surface area contributed by atoms with E-state index < -0.39 is 0 Å². The first kappa shape index (κ1) is 13.3. The molecule has 1 unspecified atom stereocenters. The Hall–Kier alpha value is -1.66. The smallest absolute Gasteiger partial charge is 0.235 e. The summed E-state index contributed by atoms with van der Waals surface area (Å²) in [7, 11) is 0. The summed E-state index contributed by atoms with van der Waals surface area (Å²) in [5.41, 5.74) is 2.78. The van der Waals surface area contributed by atoms with Gasteiger partial charge in [0.2, 0.25) is 5.91 Å². The van der Waals surface area contributed by atoms with Crippen molar-refractivity contribution in [2.75, 3.05) is 11.1 Å². The van der Waals surface area contributed by atoms with Gasteiger partial charge in [0.15, 0.2) is 5.82 Å². The summed E-state index contributed by atoms with van der Waals surface area (Å²) in [4.78, 5) is 11.7. The van der Waals surface area contributed by atoms with Crippen molar-refractivity contribution in [2.45, 2.75) is 12.2 Å². The van der Waals surface area contributed by atoms with E-state index in [1.807, 2.05) is 13.0 Å². The maximum absolute atomic E-state index is 11.7. The summed E-state index contributed by atoms with van der Waals surface area (Å²) in [6.45, 7) is 1.92. The van der Waals surface area contributed by atoms with E-state index in [-0.39, 0.29) is 16.9 Å². The lowest BCUT2D eigenvalue weighted by molar-refractivity contribution is -0.113. The van der Waals surface area contributed by atoms with Crippen molar-refractivity contribution in [3.05, 3.63) is 40.0 Å². The molecule has 0 saturated heterocycles. The highest BCUT2D eigenvalue weighted by Gasteiger charge is 2.28. The highest BCUT2D eigenvalue weighted by Crippen LogP contribution is 2.43. The number of nitrogens with one attached hydrogen (secondary N) is 2. The van der Waals surface area contributed by atoms with Gasteiger partial charge in [-0.1, -0.05) is 17.7 Å². The number of hydrogen-bond acceptors (Lipinski definition) is 4. The Balaban J connectivity index is 2.10. The summed E-state index contributed by atoms with van der Waals surface area (Å²) in [5.74, 6) is 0.882. The molecule has 3 rings (SSSR count). The third kappa shape index (κ3) is 2.25. The van der Waals surface area contributed by atoms with Gasteiger partial charge in [-0.15, -0.1) is 11.8 Å². The third-order valence-corrected chi connectivity index (χ3v) is 4.74. The number of phenols is 1. The quantitative estimate of drug-likeness (QED) is 0.757. The SMILES string of the molecule is Cc1[nH]nc2c1C(c1ccc(O)c(Cl)c1)SCC(=O)N2. The highest BCUT2D eigenvalue weighted by molar-refractivity contribution is 8.00. The van der Waals surface area contributed by atoms with E-state index in [9.17, 15) is 9.90 Å². The van der Waals surface area contributed by atoms with Gasteiger partial charge in [-0.05, 0) is 24.6 Å². The number of fused-ring (bicyclic) bond motifs is 1. The summed E-state index contributed by atoms with van der Waals surface area (Å²) < 4.78 is 0. The number of nitrogens with zero attached hydrogens (tertiary/aromatic N) is 1. The number of aryl methyl sites for hydroxylation is 1. The molecule has 1 aromatic carbocycles. The second-order valence-corrected chi connectivity index (χ2v) is 6.06. The maximum atomic E-state index is 11.7. The number of aromatic hydroxyl groups is 1. The molecule has 7 heteroatoms. The molecule has 0 fully saturated rings. The minimum absolute atomic E-state index is 0.0485. The monoisotopic (exact) mass is 309 g/mol. The number of aromatic amines is 1. The van der Waals surface area contributed by atoms with Gasteiger partial charge in [0.25, 0.3) is 0 Å². The zero-order valence-corrected chi connectivity index (χ0v) is 12.2. The second-order valence-electron chi connectivity index (χ2n) is 4.56. The zero-order chi connectivity index (χ0) is 14.3. The summed E-state index contributed by atoms with van der Waals surface area (Å²) >= 11 is 7.49. The predicted molar refractivity (Wildman–Crippen MR) is 79.4 cm³/mol. The number of amides is 1. The van der Waals surface area contributed by atoms with Crippen LogP contribution in [0.3, 0.4) is 0 Å². The Labute approximate surface area is 124 Å². The van der Waals surface area contributed by atoms with E-state index in [2.05, 4.69) is 15.5 Å². The van der Waals surface area contributed by atoms with Gasteiger partial charge in [-0.3, -0.25) is 9.89 Å². The number of rotatable bonds is 1. The first-order valence-electron chi connectivity index (χ1n) is 6.01. The zero-order valence-electron chi connectivity index (χ0n) is 10.6. The standard InChI is InChI=1S/C13H12ClN3O2S/c1-6-11-12(7-2-3-9(18)8(14)4-7)20-5-10(19)15-13(11)17-16-6/h2-4,12,18H,5H2,1H3,(H2,15,16,17,19). The number of H-pyrrole nitrogens is 1. The fourth-order valence-corrected chi connectivity index (χ4v) is 3.59. The van der Waals surface area contributed by atoms with Crippen LogP contribution in [0, 0.1) is 6.92 Å². The number of thioether (sulfide) groups is 1. The minimum atomic E-state index is -0.0740. The van der Waals surface area contributed by atoms with E-state index in [0.29, 0.717) is 16.6 Å². The molecule has 1 amide bonds.